The van der Waals surface area contributed by atoms with Crippen LogP contribution in [0, 0.1) is 5.41 Å². The molecule has 0 unspecified atom stereocenters. The maximum Gasteiger partial charge on any atom is 0.454 e. The second kappa shape index (κ2) is 6.36. The molecule has 0 heterocycles. The number of alkyl halides is 17. The Morgan fingerprint density at radius 2 is 0.724 bits per heavy atom. The Morgan fingerprint density at radius 3 is 0.897 bits per heavy atom. The quantitative estimate of drug-likeness (QED) is 0.425. The predicted molar refractivity (Wildman–Crippen MR) is 51.9 cm³/mol. The molecule has 0 rings (SSSR count). The largest absolute Gasteiger partial charge is 0.454 e. The van der Waals surface area contributed by atoms with E-state index in [-0.39, 0.29) is 0 Å². The van der Waals surface area contributed by atoms with Gasteiger partial charge in [0.1, 0.15) is 0 Å². The van der Waals surface area contributed by atoms with E-state index in [0.717, 1.165) is 0 Å². The van der Waals surface area contributed by atoms with Crippen LogP contribution in [0.2, 0.25) is 0 Å². The van der Waals surface area contributed by atoms with Crippen molar-refractivity contribution >= 4 is 10.1 Å². The molecule has 0 aliphatic rings. The third-order valence-corrected chi connectivity index (χ3v) is 4.14. The summed E-state index contributed by atoms with van der Waals surface area (Å²) < 4.78 is 246. The minimum atomic E-state index is -9.34. The van der Waals surface area contributed by atoms with Gasteiger partial charge in [0.25, 0.3) is 0 Å². The molecular weight excluding hydrogens is 499 g/mol. The standard InChI is InChI=1S/C8HF17O3S/c9-2(10,4(13,14)8(24,25)29(26,27)28)1(5(15,16)17,6(18,19)20)3(11,12)7(21,22)23/h(H,26,27,28). The zero-order valence-electron chi connectivity index (χ0n) is 12.1. The Labute approximate surface area is 146 Å². The topological polar surface area (TPSA) is 54.4 Å². The van der Waals surface area contributed by atoms with E-state index in [1.54, 1.807) is 0 Å². The van der Waals surface area contributed by atoms with Crippen molar-refractivity contribution in [1.29, 1.82) is 0 Å². The first kappa shape index (κ1) is 27.7. The molecule has 0 aliphatic heterocycles. The number of halogens is 17. The summed E-state index contributed by atoms with van der Waals surface area (Å²) in [6.45, 7) is 0. The van der Waals surface area contributed by atoms with Crippen LogP contribution in [0.25, 0.3) is 0 Å². The summed E-state index contributed by atoms with van der Waals surface area (Å²) in [6, 6.07) is 0. The van der Waals surface area contributed by atoms with Crippen LogP contribution in [0.4, 0.5) is 74.6 Å². The van der Waals surface area contributed by atoms with E-state index >= 15 is 0 Å². The maximum absolute atomic E-state index is 13.5. The molecule has 0 radical (unpaired) electrons. The molecule has 0 aromatic heterocycles. The third kappa shape index (κ3) is 3.26. The fraction of sp³-hybridized carbons (Fsp3) is 1.00. The minimum Gasteiger partial charge on any atom is -0.281 e. The van der Waals surface area contributed by atoms with Gasteiger partial charge in [-0.2, -0.15) is 83.1 Å². The van der Waals surface area contributed by atoms with Gasteiger partial charge in [-0.3, -0.25) is 4.55 Å². The van der Waals surface area contributed by atoms with E-state index in [2.05, 4.69) is 0 Å². The average molecular weight is 500 g/mol. The van der Waals surface area contributed by atoms with E-state index in [9.17, 15) is 83.1 Å². The lowest BCUT2D eigenvalue weighted by atomic mass is 9.70. The highest BCUT2D eigenvalue weighted by Crippen LogP contribution is 2.73. The summed E-state index contributed by atoms with van der Waals surface area (Å²) in [5, 5.41) is -8.10. The number of hydrogen-bond acceptors (Lipinski definition) is 2. The summed E-state index contributed by atoms with van der Waals surface area (Å²) in [4.78, 5) is 0. The monoisotopic (exact) mass is 500 g/mol. The van der Waals surface area contributed by atoms with Crippen LogP contribution in [-0.2, 0) is 10.1 Å². The third-order valence-electron chi connectivity index (χ3n) is 3.23. The summed E-state index contributed by atoms with van der Waals surface area (Å²) in [5.41, 5.74) is -9.34. The molecule has 0 aromatic rings. The Kier molecular flexibility index (Phi) is 6.08. The lowest BCUT2D eigenvalue weighted by Gasteiger charge is -2.48. The molecule has 0 saturated carbocycles. The molecule has 21 heteroatoms. The molecular formula is C8HF17O3S. The van der Waals surface area contributed by atoms with Crippen LogP contribution < -0.4 is 0 Å². The van der Waals surface area contributed by atoms with Crippen molar-refractivity contribution in [3.8, 4) is 0 Å². The Bertz CT molecular complexity index is 709. The Morgan fingerprint density at radius 1 is 0.448 bits per heavy atom. The number of rotatable bonds is 5. The smallest absolute Gasteiger partial charge is 0.281 e. The SMILES string of the molecule is O=S(=O)(O)C(F)(F)C(F)(F)C(F)(F)C(C(F)(F)F)(C(F)(F)F)C(F)(F)C(F)(F)F. The van der Waals surface area contributed by atoms with Crippen molar-refractivity contribution in [1.82, 2.24) is 0 Å². The maximum atomic E-state index is 13.5. The summed E-state index contributed by atoms with van der Waals surface area (Å²) in [7, 11) is -8.10. The first-order chi connectivity index (χ1) is 12.0. The van der Waals surface area contributed by atoms with Crippen LogP contribution in [-0.4, -0.2) is 54.5 Å². The molecule has 0 fully saturated rings. The van der Waals surface area contributed by atoms with Crippen LogP contribution in [0.15, 0.2) is 0 Å². The lowest BCUT2D eigenvalue weighted by Crippen LogP contribution is -2.79. The summed E-state index contributed by atoms with van der Waals surface area (Å²) >= 11 is 0. The van der Waals surface area contributed by atoms with Crippen molar-refractivity contribution < 1.29 is 87.6 Å². The molecule has 3 nitrogen and oxygen atoms in total. The van der Waals surface area contributed by atoms with Crippen LogP contribution in [0.1, 0.15) is 0 Å². The summed E-state index contributed by atoms with van der Waals surface area (Å²) in [6.07, 6.45) is -26.0. The molecule has 0 atom stereocenters. The van der Waals surface area contributed by atoms with Gasteiger partial charge in [-0.25, -0.2) is 0 Å². The zero-order valence-corrected chi connectivity index (χ0v) is 12.9. The molecule has 0 aliphatic carbocycles. The molecule has 0 saturated heterocycles. The van der Waals surface area contributed by atoms with Crippen molar-refractivity contribution in [2.24, 2.45) is 5.41 Å². The lowest BCUT2D eigenvalue weighted by molar-refractivity contribution is -0.513. The van der Waals surface area contributed by atoms with E-state index < -0.39 is 57.1 Å². The first-order valence-electron chi connectivity index (χ1n) is 5.68. The highest BCUT2D eigenvalue weighted by atomic mass is 32.2. The van der Waals surface area contributed by atoms with Gasteiger partial charge in [0, 0.05) is 0 Å². The van der Waals surface area contributed by atoms with Gasteiger partial charge in [-0.15, -0.1) is 0 Å². The first-order valence-corrected chi connectivity index (χ1v) is 7.12. The van der Waals surface area contributed by atoms with Gasteiger partial charge in [-0.05, 0) is 0 Å². The molecule has 0 amide bonds. The molecule has 1 N–H and O–H groups in total. The summed E-state index contributed by atoms with van der Waals surface area (Å²) in [5.74, 6) is -27.1. The van der Waals surface area contributed by atoms with Crippen molar-refractivity contribution in [2.75, 3.05) is 0 Å². The minimum absolute atomic E-state index is 7.72. The molecule has 0 bridgehead atoms. The molecule has 0 spiro atoms. The number of hydrogen-bond donors (Lipinski definition) is 1. The second-order valence-electron chi connectivity index (χ2n) is 4.96. The van der Waals surface area contributed by atoms with E-state index in [1.165, 1.54) is 0 Å². The predicted octanol–water partition coefficient (Wildman–Crippen LogP) is 5.05. The highest BCUT2D eigenvalue weighted by molar-refractivity contribution is 7.87. The van der Waals surface area contributed by atoms with E-state index in [4.69, 9.17) is 4.55 Å². The van der Waals surface area contributed by atoms with Gasteiger partial charge >= 0.3 is 57.1 Å². The van der Waals surface area contributed by atoms with Crippen LogP contribution in [0.5, 0.6) is 0 Å². The second-order valence-corrected chi connectivity index (χ2v) is 6.42. The van der Waals surface area contributed by atoms with E-state index in [0.29, 0.717) is 0 Å². The van der Waals surface area contributed by atoms with Gasteiger partial charge in [0.2, 0.25) is 0 Å². The molecule has 29 heavy (non-hydrogen) atoms. The van der Waals surface area contributed by atoms with Gasteiger partial charge < -0.3 is 0 Å². The van der Waals surface area contributed by atoms with Crippen molar-refractivity contribution in [2.45, 2.75) is 41.6 Å². The molecule has 176 valence electrons. The Balaban J connectivity index is 7.85. The Hall–Kier alpha value is -1.28. The fourth-order valence-corrected chi connectivity index (χ4v) is 2.31. The zero-order chi connectivity index (χ0) is 24.5. The highest BCUT2D eigenvalue weighted by Gasteiger charge is 3.02. The van der Waals surface area contributed by atoms with Crippen molar-refractivity contribution in [3.63, 3.8) is 0 Å². The van der Waals surface area contributed by atoms with E-state index in [1.807, 2.05) is 0 Å². The average Bonchev–Trinajstić information content (AvgIpc) is 2.30. The normalized spacial score (nSPS) is 16.9. The van der Waals surface area contributed by atoms with Crippen LogP contribution in [0.3, 0.4) is 0 Å². The molecule has 0 aromatic carbocycles. The van der Waals surface area contributed by atoms with Gasteiger partial charge in [-0.1, -0.05) is 0 Å². The fourth-order valence-electron chi connectivity index (χ4n) is 1.86. The van der Waals surface area contributed by atoms with Gasteiger partial charge in [0.05, 0.1) is 0 Å². The van der Waals surface area contributed by atoms with Crippen LogP contribution >= 0.6 is 0 Å². The van der Waals surface area contributed by atoms with Gasteiger partial charge in [0.15, 0.2) is 0 Å². The van der Waals surface area contributed by atoms with Crippen molar-refractivity contribution in [3.05, 3.63) is 0 Å².